The molecule has 33 heavy (non-hydrogen) atoms. The molecule has 0 amide bonds. The Hall–Kier alpha value is -4.45. The van der Waals surface area contributed by atoms with Crippen molar-refractivity contribution in [2.24, 2.45) is 0 Å². The first-order valence-electron chi connectivity index (χ1n) is 9.48. The van der Waals surface area contributed by atoms with E-state index in [4.69, 9.17) is 0 Å². The molecule has 0 aliphatic rings. The van der Waals surface area contributed by atoms with Gasteiger partial charge in [0, 0.05) is 30.1 Å². The number of sulfone groups is 1. The molecule has 1 N–H and O–H groups in total. The van der Waals surface area contributed by atoms with Crippen LogP contribution in [0.4, 0.5) is 17.2 Å². The van der Waals surface area contributed by atoms with E-state index in [1.807, 2.05) is 30.3 Å². The number of benzene rings is 3. The van der Waals surface area contributed by atoms with Gasteiger partial charge in [0.1, 0.15) is 12.1 Å². The summed E-state index contributed by atoms with van der Waals surface area (Å²) >= 11 is 0. The Labute approximate surface area is 187 Å². The summed E-state index contributed by atoms with van der Waals surface area (Å²) in [4.78, 5) is 28.5. The standard InChI is InChI=1S/C21H15N5O6S/c27-25(28)15-6-8-16(9-7-15)33(31,32)20-11-18-17(10-19(20)26(29)30)21(24-13-23-18)22-12-14-4-2-1-3-5-14/h1-11,13H,12H2,(H,22,23,24). The molecular formula is C21H15N5O6S. The highest BCUT2D eigenvalue weighted by atomic mass is 32.2. The van der Waals surface area contributed by atoms with Gasteiger partial charge in [0.05, 0.1) is 20.3 Å². The third kappa shape index (κ3) is 4.32. The number of anilines is 1. The van der Waals surface area contributed by atoms with Crippen LogP contribution in [0.2, 0.25) is 0 Å². The SMILES string of the molecule is O=[N+]([O-])c1ccc(S(=O)(=O)c2cc3ncnc(NCc4ccccc4)c3cc2[N+](=O)[O-])cc1. The molecule has 0 atom stereocenters. The number of hydrogen-bond acceptors (Lipinski definition) is 9. The van der Waals surface area contributed by atoms with E-state index in [1.54, 1.807) is 0 Å². The van der Waals surface area contributed by atoms with Crippen LogP contribution in [-0.4, -0.2) is 28.2 Å². The fourth-order valence-electron chi connectivity index (χ4n) is 3.23. The Kier molecular flexibility index (Phi) is 5.67. The minimum absolute atomic E-state index is 0.187. The summed E-state index contributed by atoms with van der Waals surface area (Å²) in [6.45, 7) is 0.392. The van der Waals surface area contributed by atoms with Crippen molar-refractivity contribution in [2.45, 2.75) is 16.3 Å². The summed E-state index contributed by atoms with van der Waals surface area (Å²) < 4.78 is 26.3. The van der Waals surface area contributed by atoms with Gasteiger partial charge in [-0.25, -0.2) is 18.4 Å². The monoisotopic (exact) mass is 465 g/mol. The first-order chi connectivity index (χ1) is 15.8. The van der Waals surface area contributed by atoms with Crippen molar-refractivity contribution in [3.63, 3.8) is 0 Å². The molecular weight excluding hydrogens is 450 g/mol. The van der Waals surface area contributed by atoms with Gasteiger partial charge in [0.2, 0.25) is 9.84 Å². The van der Waals surface area contributed by atoms with Crippen molar-refractivity contribution in [1.29, 1.82) is 0 Å². The van der Waals surface area contributed by atoms with Crippen LogP contribution in [0.5, 0.6) is 0 Å². The molecule has 166 valence electrons. The lowest BCUT2D eigenvalue weighted by Gasteiger charge is -2.11. The number of fused-ring (bicyclic) bond motifs is 1. The second kappa shape index (κ2) is 8.59. The Bertz CT molecular complexity index is 1470. The number of nitro benzene ring substituents is 2. The summed E-state index contributed by atoms with van der Waals surface area (Å²) in [6, 6.07) is 15.7. The van der Waals surface area contributed by atoms with Crippen LogP contribution < -0.4 is 5.32 Å². The fraction of sp³-hybridized carbons (Fsp3) is 0.0476. The van der Waals surface area contributed by atoms with E-state index < -0.39 is 30.3 Å². The maximum atomic E-state index is 13.1. The molecule has 1 aromatic heterocycles. The Morgan fingerprint density at radius 3 is 2.21 bits per heavy atom. The predicted molar refractivity (Wildman–Crippen MR) is 119 cm³/mol. The summed E-state index contributed by atoms with van der Waals surface area (Å²) in [7, 11) is -4.36. The molecule has 0 unspecified atom stereocenters. The molecule has 0 fully saturated rings. The van der Waals surface area contributed by atoms with E-state index in [9.17, 15) is 28.6 Å². The van der Waals surface area contributed by atoms with Gasteiger partial charge >= 0.3 is 0 Å². The summed E-state index contributed by atoms with van der Waals surface area (Å²) in [5.74, 6) is 0.311. The number of nitrogens with zero attached hydrogens (tertiary/aromatic N) is 4. The van der Waals surface area contributed by atoms with E-state index >= 15 is 0 Å². The third-order valence-corrected chi connectivity index (χ3v) is 6.66. The summed E-state index contributed by atoms with van der Waals surface area (Å²) in [5, 5.41) is 26.0. The quantitative estimate of drug-likeness (QED) is 0.315. The van der Waals surface area contributed by atoms with Crippen LogP contribution in [0, 0.1) is 20.2 Å². The van der Waals surface area contributed by atoms with E-state index in [0.29, 0.717) is 12.4 Å². The highest BCUT2D eigenvalue weighted by Gasteiger charge is 2.29. The number of hydrogen-bond donors (Lipinski definition) is 1. The lowest BCUT2D eigenvalue weighted by atomic mass is 10.2. The zero-order valence-corrected chi connectivity index (χ0v) is 17.6. The average Bonchev–Trinajstić information content (AvgIpc) is 2.82. The average molecular weight is 465 g/mol. The van der Waals surface area contributed by atoms with Gasteiger partial charge in [0.15, 0.2) is 4.90 Å². The molecule has 0 bridgehead atoms. The second-order valence-electron chi connectivity index (χ2n) is 6.91. The molecule has 4 rings (SSSR count). The summed E-state index contributed by atoms with van der Waals surface area (Å²) in [6.07, 6.45) is 1.23. The van der Waals surface area contributed by atoms with Crippen LogP contribution in [0.25, 0.3) is 10.9 Å². The maximum absolute atomic E-state index is 13.1. The van der Waals surface area contributed by atoms with Gasteiger partial charge in [-0.15, -0.1) is 0 Å². The zero-order valence-electron chi connectivity index (χ0n) is 16.8. The van der Waals surface area contributed by atoms with Gasteiger partial charge in [-0.05, 0) is 23.8 Å². The normalized spacial score (nSPS) is 11.3. The lowest BCUT2D eigenvalue weighted by Crippen LogP contribution is -2.08. The molecule has 0 radical (unpaired) electrons. The minimum Gasteiger partial charge on any atom is -0.365 e. The van der Waals surface area contributed by atoms with Crippen molar-refractivity contribution >= 4 is 37.9 Å². The second-order valence-corrected chi connectivity index (χ2v) is 8.83. The summed E-state index contributed by atoms with van der Waals surface area (Å²) in [5.41, 5.74) is 0.185. The van der Waals surface area contributed by atoms with Crippen molar-refractivity contribution in [1.82, 2.24) is 9.97 Å². The van der Waals surface area contributed by atoms with Gasteiger partial charge in [0.25, 0.3) is 11.4 Å². The van der Waals surface area contributed by atoms with Gasteiger partial charge < -0.3 is 5.32 Å². The lowest BCUT2D eigenvalue weighted by molar-refractivity contribution is -0.387. The van der Waals surface area contributed by atoms with Crippen LogP contribution in [-0.2, 0) is 16.4 Å². The molecule has 4 aromatic rings. The number of nitrogens with one attached hydrogen (secondary N) is 1. The maximum Gasteiger partial charge on any atom is 0.289 e. The first kappa shape index (κ1) is 21.8. The van der Waals surface area contributed by atoms with Crippen LogP contribution in [0.1, 0.15) is 5.56 Å². The predicted octanol–water partition coefficient (Wildman–Crippen LogP) is 3.89. The Morgan fingerprint density at radius 2 is 1.58 bits per heavy atom. The van der Waals surface area contributed by atoms with Crippen molar-refractivity contribution < 1.29 is 18.3 Å². The van der Waals surface area contributed by atoms with Crippen LogP contribution in [0.15, 0.2) is 82.8 Å². The van der Waals surface area contributed by atoms with Crippen LogP contribution in [0.3, 0.4) is 0 Å². The zero-order chi connectivity index (χ0) is 23.6. The van der Waals surface area contributed by atoms with E-state index in [2.05, 4.69) is 15.3 Å². The number of aromatic nitrogens is 2. The van der Waals surface area contributed by atoms with Crippen molar-refractivity contribution in [3.05, 3.63) is 98.8 Å². The topological polar surface area (TPSA) is 158 Å². The molecule has 1 heterocycles. The molecule has 0 saturated carbocycles. The number of non-ortho nitro benzene ring substituents is 1. The number of nitro groups is 2. The van der Waals surface area contributed by atoms with E-state index in [1.165, 1.54) is 6.33 Å². The highest BCUT2D eigenvalue weighted by molar-refractivity contribution is 7.91. The minimum atomic E-state index is -4.36. The van der Waals surface area contributed by atoms with Crippen LogP contribution >= 0.6 is 0 Å². The Balaban J connectivity index is 1.80. The molecule has 12 heteroatoms. The van der Waals surface area contributed by atoms with E-state index in [0.717, 1.165) is 42.0 Å². The highest BCUT2D eigenvalue weighted by Crippen LogP contribution is 2.35. The Morgan fingerprint density at radius 1 is 0.879 bits per heavy atom. The van der Waals surface area contributed by atoms with Gasteiger partial charge in [-0.1, -0.05) is 30.3 Å². The molecule has 3 aromatic carbocycles. The van der Waals surface area contributed by atoms with Gasteiger partial charge in [-0.2, -0.15) is 0 Å². The number of rotatable bonds is 7. The molecule has 0 spiro atoms. The fourth-order valence-corrected chi connectivity index (χ4v) is 4.65. The smallest absolute Gasteiger partial charge is 0.289 e. The van der Waals surface area contributed by atoms with Crippen molar-refractivity contribution in [2.75, 3.05) is 5.32 Å². The van der Waals surface area contributed by atoms with Crippen molar-refractivity contribution in [3.8, 4) is 0 Å². The van der Waals surface area contributed by atoms with Gasteiger partial charge in [-0.3, -0.25) is 20.2 Å². The first-order valence-corrected chi connectivity index (χ1v) is 11.0. The molecule has 0 aliphatic heterocycles. The molecule has 0 saturated heterocycles. The molecule has 11 nitrogen and oxygen atoms in total. The van der Waals surface area contributed by atoms with E-state index in [-0.39, 0.29) is 21.5 Å². The third-order valence-electron chi connectivity index (χ3n) is 4.86. The molecule has 0 aliphatic carbocycles. The largest absolute Gasteiger partial charge is 0.365 e.